The van der Waals surface area contributed by atoms with Crippen LogP contribution >= 0.6 is 22.9 Å². The number of rotatable bonds is 5. The molecule has 0 saturated carbocycles. The van der Waals surface area contributed by atoms with Gasteiger partial charge in [-0.05, 0) is 23.8 Å². The number of nitro groups is 1. The van der Waals surface area contributed by atoms with Crippen molar-refractivity contribution in [1.82, 2.24) is 4.98 Å². The average molecular weight is 392 g/mol. The van der Waals surface area contributed by atoms with Crippen molar-refractivity contribution in [3.8, 4) is 0 Å². The van der Waals surface area contributed by atoms with Gasteiger partial charge in [-0.3, -0.25) is 20.2 Å². The van der Waals surface area contributed by atoms with Crippen LogP contribution in [0.2, 0.25) is 5.02 Å². The number of carbonyl (C=O) groups excluding carboxylic acids is 1. The summed E-state index contributed by atoms with van der Waals surface area (Å²) in [6.07, 6.45) is 2.16. The number of thiazole rings is 1. The van der Waals surface area contributed by atoms with Crippen molar-refractivity contribution >= 4 is 39.7 Å². The highest BCUT2D eigenvalue weighted by atomic mass is 35.5. The normalized spacial score (nSPS) is 10.5. The number of anilines is 1. The second-order valence-electron chi connectivity index (χ2n) is 5.31. The van der Waals surface area contributed by atoms with Gasteiger partial charge >= 0.3 is 0 Å². The average Bonchev–Trinajstić information content (AvgIpc) is 3.04. The molecule has 0 aliphatic carbocycles. The van der Waals surface area contributed by atoms with Crippen molar-refractivity contribution in [3.05, 3.63) is 85.6 Å². The molecule has 0 atom stereocenters. The van der Waals surface area contributed by atoms with Gasteiger partial charge in [0.15, 0.2) is 5.13 Å². The van der Waals surface area contributed by atoms with Gasteiger partial charge < -0.3 is 0 Å². The van der Waals surface area contributed by atoms with E-state index in [1.807, 2.05) is 0 Å². The molecule has 0 fully saturated rings. The fourth-order valence-corrected chi connectivity index (χ4v) is 3.26. The number of benzene rings is 2. The largest absolute Gasteiger partial charge is 0.298 e. The number of carbonyl (C=O) groups is 1. The van der Waals surface area contributed by atoms with E-state index in [1.165, 1.54) is 35.6 Å². The molecule has 0 bridgehead atoms. The molecule has 0 radical (unpaired) electrons. The molecule has 0 spiro atoms. The fraction of sp³-hybridized carbons (Fsp3) is 0.0588. The lowest BCUT2D eigenvalue weighted by Crippen LogP contribution is -2.12. The van der Waals surface area contributed by atoms with Crippen LogP contribution in [0.25, 0.3) is 0 Å². The summed E-state index contributed by atoms with van der Waals surface area (Å²) in [5.41, 5.74) is 0.682. The molecule has 9 heteroatoms. The maximum atomic E-state index is 12.9. The highest BCUT2D eigenvalue weighted by molar-refractivity contribution is 7.15. The van der Waals surface area contributed by atoms with Gasteiger partial charge in [0.1, 0.15) is 5.82 Å². The maximum absolute atomic E-state index is 12.9. The number of hydrogen-bond donors (Lipinski definition) is 1. The highest BCUT2D eigenvalue weighted by Gasteiger charge is 2.17. The zero-order chi connectivity index (χ0) is 18.7. The molecule has 2 aromatic carbocycles. The Bertz CT molecular complexity index is 976. The number of hydrogen-bond acceptors (Lipinski definition) is 5. The molecule has 1 N–H and O–H groups in total. The van der Waals surface area contributed by atoms with Crippen LogP contribution in [0.3, 0.4) is 0 Å². The quantitative estimate of drug-likeness (QED) is 0.505. The SMILES string of the molecule is O=C(Nc1ncc(Cc2ccc(F)cc2)s1)c1cc([N+](=O)[O-])ccc1Cl. The first kappa shape index (κ1) is 18.0. The molecular formula is C17H11ClFN3O3S. The second kappa shape index (κ2) is 7.59. The summed E-state index contributed by atoms with van der Waals surface area (Å²) in [7, 11) is 0. The van der Waals surface area contributed by atoms with Crippen molar-refractivity contribution in [2.45, 2.75) is 6.42 Å². The number of amides is 1. The fourth-order valence-electron chi connectivity index (χ4n) is 2.22. The van der Waals surface area contributed by atoms with Gasteiger partial charge in [-0.15, -0.1) is 11.3 Å². The van der Waals surface area contributed by atoms with Gasteiger partial charge in [0, 0.05) is 29.6 Å². The summed E-state index contributed by atoms with van der Waals surface area (Å²) in [5.74, 6) is -0.888. The van der Waals surface area contributed by atoms with E-state index in [-0.39, 0.29) is 22.1 Å². The molecule has 1 heterocycles. The van der Waals surface area contributed by atoms with Gasteiger partial charge in [0.2, 0.25) is 0 Å². The van der Waals surface area contributed by atoms with E-state index in [4.69, 9.17) is 11.6 Å². The van der Waals surface area contributed by atoms with Crippen LogP contribution < -0.4 is 5.32 Å². The van der Waals surface area contributed by atoms with Crippen molar-refractivity contribution in [3.63, 3.8) is 0 Å². The van der Waals surface area contributed by atoms with E-state index in [9.17, 15) is 19.3 Å². The summed E-state index contributed by atoms with van der Waals surface area (Å²) < 4.78 is 12.9. The van der Waals surface area contributed by atoms with E-state index in [0.717, 1.165) is 16.5 Å². The van der Waals surface area contributed by atoms with Gasteiger partial charge in [-0.2, -0.15) is 0 Å². The second-order valence-corrected chi connectivity index (χ2v) is 6.83. The van der Waals surface area contributed by atoms with Gasteiger partial charge in [-0.25, -0.2) is 9.37 Å². The monoisotopic (exact) mass is 391 g/mol. The third-order valence-corrected chi connectivity index (χ3v) is 4.71. The molecular weight excluding hydrogens is 381 g/mol. The molecule has 0 aliphatic heterocycles. The molecule has 1 aromatic heterocycles. The summed E-state index contributed by atoms with van der Waals surface area (Å²) >= 11 is 7.21. The summed E-state index contributed by atoms with van der Waals surface area (Å²) in [6.45, 7) is 0. The van der Waals surface area contributed by atoms with Gasteiger partial charge in [0.05, 0.1) is 15.5 Å². The standard InChI is InChI=1S/C17H11ClFN3O3S/c18-15-6-5-12(22(24)25)8-14(15)16(23)21-17-20-9-13(26-17)7-10-1-3-11(19)4-2-10/h1-6,8-9H,7H2,(H,20,21,23). The lowest BCUT2D eigenvalue weighted by Gasteiger charge is -2.04. The Morgan fingerprint density at radius 3 is 2.69 bits per heavy atom. The third kappa shape index (κ3) is 4.22. The molecule has 26 heavy (non-hydrogen) atoms. The zero-order valence-electron chi connectivity index (χ0n) is 13.1. The number of halogens is 2. The first-order chi connectivity index (χ1) is 12.4. The summed E-state index contributed by atoms with van der Waals surface area (Å²) in [6, 6.07) is 9.75. The first-order valence-corrected chi connectivity index (χ1v) is 8.56. The van der Waals surface area contributed by atoms with E-state index in [2.05, 4.69) is 10.3 Å². The van der Waals surface area contributed by atoms with Crippen LogP contribution in [0.5, 0.6) is 0 Å². The molecule has 1 amide bonds. The Morgan fingerprint density at radius 2 is 2.00 bits per heavy atom. The summed E-state index contributed by atoms with van der Waals surface area (Å²) in [4.78, 5) is 27.6. The van der Waals surface area contributed by atoms with Crippen LogP contribution in [-0.2, 0) is 6.42 Å². The lowest BCUT2D eigenvalue weighted by atomic mass is 10.1. The van der Waals surface area contributed by atoms with Crippen molar-refractivity contribution < 1.29 is 14.1 Å². The lowest BCUT2D eigenvalue weighted by molar-refractivity contribution is -0.384. The minimum Gasteiger partial charge on any atom is -0.298 e. The predicted octanol–water partition coefficient (Wildman–Crippen LogP) is 4.69. The molecule has 0 unspecified atom stereocenters. The maximum Gasteiger partial charge on any atom is 0.270 e. The topological polar surface area (TPSA) is 85.1 Å². The van der Waals surface area contributed by atoms with Crippen LogP contribution in [0, 0.1) is 15.9 Å². The molecule has 6 nitrogen and oxygen atoms in total. The Kier molecular flexibility index (Phi) is 5.24. The van der Waals surface area contributed by atoms with E-state index in [0.29, 0.717) is 11.6 Å². The van der Waals surface area contributed by atoms with Crippen LogP contribution in [0.4, 0.5) is 15.2 Å². The Morgan fingerprint density at radius 1 is 1.27 bits per heavy atom. The number of nitrogens with one attached hydrogen (secondary N) is 1. The number of nitro benzene ring substituents is 1. The minimum absolute atomic E-state index is 0.00356. The minimum atomic E-state index is -0.600. The zero-order valence-corrected chi connectivity index (χ0v) is 14.7. The van der Waals surface area contributed by atoms with Crippen LogP contribution in [0.1, 0.15) is 20.8 Å². The summed E-state index contributed by atoms with van der Waals surface area (Å²) in [5, 5.41) is 13.9. The molecule has 132 valence electrons. The predicted molar refractivity (Wildman–Crippen MR) is 97.4 cm³/mol. The van der Waals surface area contributed by atoms with Crippen LogP contribution in [0.15, 0.2) is 48.7 Å². The molecule has 0 aliphatic rings. The van der Waals surface area contributed by atoms with Crippen molar-refractivity contribution in [1.29, 1.82) is 0 Å². The van der Waals surface area contributed by atoms with Crippen molar-refractivity contribution in [2.75, 3.05) is 5.32 Å². The molecule has 3 rings (SSSR count). The number of aromatic nitrogens is 1. The number of nitrogens with zero attached hydrogens (tertiary/aromatic N) is 2. The Hall–Kier alpha value is -2.84. The van der Waals surface area contributed by atoms with Gasteiger partial charge in [-0.1, -0.05) is 23.7 Å². The molecule has 3 aromatic rings. The van der Waals surface area contributed by atoms with E-state index < -0.39 is 10.8 Å². The van der Waals surface area contributed by atoms with Crippen molar-refractivity contribution in [2.24, 2.45) is 0 Å². The Labute approximate surface area is 156 Å². The van der Waals surface area contributed by atoms with Gasteiger partial charge in [0.25, 0.3) is 11.6 Å². The van der Waals surface area contributed by atoms with Crippen LogP contribution in [-0.4, -0.2) is 15.8 Å². The third-order valence-electron chi connectivity index (χ3n) is 3.47. The first-order valence-electron chi connectivity index (χ1n) is 7.37. The Balaban J connectivity index is 1.72. The molecule has 0 saturated heterocycles. The van der Waals surface area contributed by atoms with E-state index in [1.54, 1.807) is 18.3 Å². The highest BCUT2D eigenvalue weighted by Crippen LogP contribution is 2.25. The van der Waals surface area contributed by atoms with E-state index >= 15 is 0 Å². The number of non-ortho nitro benzene ring substituents is 1. The smallest absolute Gasteiger partial charge is 0.270 e.